The van der Waals surface area contributed by atoms with Crippen molar-refractivity contribution in [1.29, 1.82) is 0 Å². The molecule has 1 unspecified atom stereocenters. The van der Waals surface area contributed by atoms with Crippen LogP contribution < -0.4 is 4.90 Å². The van der Waals surface area contributed by atoms with E-state index in [9.17, 15) is 9.59 Å². The molecular weight excluding hydrogens is 286 g/mol. The van der Waals surface area contributed by atoms with E-state index >= 15 is 0 Å². The topological polar surface area (TPSA) is 87.5 Å². The number of hydrogen-bond acceptors (Lipinski definition) is 6. The Labute approximate surface area is 128 Å². The summed E-state index contributed by atoms with van der Waals surface area (Å²) in [5.41, 5.74) is 0. The first-order chi connectivity index (χ1) is 10.6. The van der Waals surface area contributed by atoms with Crippen molar-refractivity contribution in [3.8, 4) is 0 Å². The van der Waals surface area contributed by atoms with Crippen molar-refractivity contribution in [2.45, 2.75) is 12.8 Å². The second kappa shape index (κ2) is 5.90. The van der Waals surface area contributed by atoms with Gasteiger partial charge in [0.25, 0.3) is 0 Å². The zero-order valence-corrected chi connectivity index (χ0v) is 13.0. The second-order valence-corrected chi connectivity index (χ2v) is 5.92. The average molecular weight is 307 g/mol. The van der Waals surface area contributed by atoms with Crippen LogP contribution in [0.5, 0.6) is 0 Å². The van der Waals surface area contributed by atoms with Crippen molar-refractivity contribution < 1.29 is 9.59 Å². The number of hydrogen-bond donors (Lipinski definition) is 0. The van der Waals surface area contributed by atoms with Crippen LogP contribution >= 0.6 is 0 Å². The molecule has 0 spiro atoms. The highest BCUT2D eigenvalue weighted by Crippen LogP contribution is 2.21. The van der Waals surface area contributed by atoms with Crippen molar-refractivity contribution >= 4 is 17.8 Å². The number of piperazine rings is 1. The number of carbonyl (C=O) groups is 2. The first-order valence-corrected chi connectivity index (χ1v) is 7.56. The number of carbonyl (C=O) groups excluding carboxylic acids is 2. The number of likely N-dealkylation sites (tertiary alicyclic amines) is 1. The molecule has 1 aromatic heterocycles. The minimum atomic E-state index is -0.160. The molecule has 0 saturated carbocycles. The lowest BCUT2D eigenvalue weighted by Gasteiger charge is -2.37. The molecule has 0 radical (unpaired) electrons. The Morgan fingerprint density at radius 3 is 2.45 bits per heavy atom. The van der Waals surface area contributed by atoms with E-state index in [-0.39, 0.29) is 17.7 Å². The van der Waals surface area contributed by atoms with Gasteiger partial charge in [-0.2, -0.15) is 0 Å². The van der Waals surface area contributed by atoms with Gasteiger partial charge in [-0.05, 0) is 16.8 Å². The predicted molar refractivity (Wildman–Crippen MR) is 78.0 cm³/mol. The van der Waals surface area contributed by atoms with Gasteiger partial charge in [0.1, 0.15) is 0 Å². The van der Waals surface area contributed by atoms with Crippen molar-refractivity contribution in [3.05, 3.63) is 0 Å². The molecule has 2 aliphatic rings. The fourth-order valence-electron chi connectivity index (χ4n) is 3.03. The smallest absolute Gasteiger partial charge is 0.245 e. The van der Waals surface area contributed by atoms with E-state index < -0.39 is 0 Å². The van der Waals surface area contributed by atoms with Gasteiger partial charge < -0.3 is 14.7 Å². The van der Waals surface area contributed by atoms with Crippen molar-refractivity contribution in [3.63, 3.8) is 0 Å². The third-order valence-electron chi connectivity index (χ3n) is 4.48. The largest absolute Gasteiger partial charge is 0.346 e. The number of anilines is 1. The zero-order chi connectivity index (χ0) is 15.7. The van der Waals surface area contributed by atoms with Crippen molar-refractivity contribution in [2.75, 3.05) is 44.7 Å². The van der Waals surface area contributed by atoms with Crippen LogP contribution in [0.15, 0.2) is 0 Å². The van der Waals surface area contributed by atoms with E-state index in [1.165, 1.54) is 0 Å². The minimum absolute atomic E-state index is 0.0633. The number of aromatic nitrogens is 4. The summed E-state index contributed by atoms with van der Waals surface area (Å²) >= 11 is 0. The number of tetrazole rings is 1. The quantitative estimate of drug-likeness (QED) is 0.677. The van der Waals surface area contributed by atoms with Crippen LogP contribution in [0.1, 0.15) is 12.8 Å². The summed E-state index contributed by atoms with van der Waals surface area (Å²) in [6, 6.07) is 0. The fourth-order valence-corrected chi connectivity index (χ4v) is 3.03. The highest BCUT2D eigenvalue weighted by atomic mass is 16.2. The Bertz CT molecular complexity index is 564. The first-order valence-electron chi connectivity index (χ1n) is 7.56. The summed E-state index contributed by atoms with van der Waals surface area (Å²) in [7, 11) is 3.59. The molecule has 9 nitrogen and oxygen atoms in total. The molecule has 9 heteroatoms. The van der Waals surface area contributed by atoms with E-state index in [0.29, 0.717) is 39.1 Å². The van der Waals surface area contributed by atoms with Crippen LogP contribution in [0.4, 0.5) is 5.95 Å². The molecule has 22 heavy (non-hydrogen) atoms. The van der Waals surface area contributed by atoms with E-state index in [1.54, 1.807) is 23.7 Å². The van der Waals surface area contributed by atoms with Crippen LogP contribution in [0, 0.1) is 5.92 Å². The van der Waals surface area contributed by atoms with E-state index in [4.69, 9.17) is 0 Å². The van der Waals surface area contributed by atoms with Gasteiger partial charge in [0.2, 0.25) is 17.8 Å². The summed E-state index contributed by atoms with van der Waals surface area (Å²) in [5, 5.41) is 11.5. The maximum atomic E-state index is 12.6. The highest BCUT2D eigenvalue weighted by Gasteiger charge is 2.33. The summed E-state index contributed by atoms with van der Waals surface area (Å²) in [5.74, 6) is 0.735. The predicted octanol–water partition coefficient (Wildman–Crippen LogP) is -1.27. The van der Waals surface area contributed by atoms with Crippen LogP contribution in [0.3, 0.4) is 0 Å². The van der Waals surface area contributed by atoms with Crippen LogP contribution in [-0.2, 0) is 16.6 Å². The van der Waals surface area contributed by atoms with Crippen molar-refractivity contribution in [1.82, 2.24) is 30.0 Å². The van der Waals surface area contributed by atoms with E-state index in [1.807, 2.05) is 4.90 Å². The Morgan fingerprint density at radius 2 is 1.86 bits per heavy atom. The first kappa shape index (κ1) is 14.7. The lowest BCUT2D eigenvalue weighted by molar-refractivity contribution is -0.144. The number of aryl methyl sites for hydroxylation is 1. The Hall–Kier alpha value is -2.19. The number of rotatable bonds is 2. The van der Waals surface area contributed by atoms with Gasteiger partial charge in [0, 0.05) is 59.2 Å². The van der Waals surface area contributed by atoms with Gasteiger partial charge in [-0.3, -0.25) is 9.59 Å². The van der Waals surface area contributed by atoms with Gasteiger partial charge in [-0.25, -0.2) is 4.68 Å². The second-order valence-electron chi connectivity index (χ2n) is 5.92. The molecule has 2 saturated heterocycles. The number of nitrogens with zero attached hydrogens (tertiary/aromatic N) is 7. The van der Waals surface area contributed by atoms with Gasteiger partial charge in [0.15, 0.2) is 0 Å². The molecule has 0 aliphatic carbocycles. The molecule has 2 fully saturated rings. The normalized spacial score (nSPS) is 23.1. The zero-order valence-electron chi connectivity index (χ0n) is 13.0. The molecule has 0 N–H and O–H groups in total. The minimum Gasteiger partial charge on any atom is -0.346 e. The molecule has 1 atom stereocenters. The van der Waals surface area contributed by atoms with Gasteiger partial charge >= 0.3 is 0 Å². The van der Waals surface area contributed by atoms with Gasteiger partial charge in [-0.15, -0.1) is 0 Å². The molecule has 3 rings (SSSR count). The molecule has 2 amide bonds. The van der Waals surface area contributed by atoms with Crippen LogP contribution in [0.2, 0.25) is 0 Å². The fraction of sp³-hybridized carbons (Fsp3) is 0.769. The van der Waals surface area contributed by atoms with Crippen molar-refractivity contribution in [2.24, 2.45) is 13.0 Å². The maximum Gasteiger partial charge on any atom is 0.245 e. The monoisotopic (exact) mass is 307 g/mol. The van der Waals surface area contributed by atoms with E-state index in [0.717, 1.165) is 12.4 Å². The van der Waals surface area contributed by atoms with Crippen LogP contribution in [0.25, 0.3) is 0 Å². The summed E-state index contributed by atoms with van der Waals surface area (Å²) in [4.78, 5) is 30.0. The molecule has 3 heterocycles. The summed E-state index contributed by atoms with van der Waals surface area (Å²) in [6.07, 6.45) is 1.09. The Balaban J connectivity index is 1.56. The maximum absolute atomic E-state index is 12.6. The molecule has 2 aliphatic heterocycles. The molecule has 0 aromatic carbocycles. The lowest BCUT2D eigenvalue weighted by Crippen LogP contribution is -2.52. The SMILES string of the molecule is CN1CCC(C(=O)N2CCN(c3nnnn3C)CC2)CC1=O. The average Bonchev–Trinajstić information content (AvgIpc) is 2.95. The Morgan fingerprint density at radius 1 is 1.14 bits per heavy atom. The molecule has 120 valence electrons. The Kier molecular flexibility index (Phi) is 3.95. The number of amides is 2. The summed E-state index contributed by atoms with van der Waals surface area (Å²) < 4.78 is 1.63. The third kappa shape index (κ3) is 2.75. The molecular formula is C13H21N7O2. The standard InChI is InChI=1S/C13H21N7O2/c1-17-4-3-10(9-11(17)21)12(22)19-5-7-20(8-6-19)13-14-15-16-18(13)2/h10H,3-9H2,1-2H3. The molecule has 1 aromatic rings. The lowest BCUT2D eigenvalue weighted by atomic mass is 9.95. The third-order valence-corrected chi connectivity index (χ3v) is 4.48. The van der Waals surface area contributed by atoms with Gasteiger partial charge in [0.05, 0.1) is 0 Å². The van der Waals surface area contributed by atoms with E-state index in [2.05, 4.69) is 20.4 Å². The number of piperidine rings is 1. The van der Waals surface area contributed by atoms with Gasteiger partial charge in [-0.1, -0.05) is 5.10 Å². The summed E-state index contributed by atoms with van der Waals surface area (Å²) in [6.45, 7) is 3.37. The molecule has 0 bridgehead atoms. The van der Waals surface area contributed by atoms with Crippen LogP contribution in [-0.4, -0.2) is 81.6 Å². The highest BCUT2D eigenvalue weighted by molar-refractivity contribution is 5.87.